The first kappa shape index (κ1) is 14.0. The van der Waals surface area contributed by atoms with Gasteiger partial charge in [-0.15, -0.1) is 0 Å². The number of amides is 1. The van der Waals surface area contributed by atoms with E-state index in [4.69, 9.17) is 0 Å². The molecule has 1 amide bonds. The first-order valence-electron chi connectivity index (χ1n) is 6.31. The molecule has 1 saturated heterocycles. The topological polar surface area (TPSA) is 37.4 Å². The lowest BCUT2D eigenvalue weighted by molar-refractivity contribution is -0.130. The second-order valence-corrected chi connectivity index (χ2v) is 5.58. The maximum absolute atomic E-state index is 12.0. The maximum atomic E-state index is 12.0. The molecule has 1 aliphatic rings. The van der Waals surface area contributed by atoms with E-state index in [2.05, 4.69) is 15.9 Å². The summed E-state index contributed by atoms with van der Waals surface area (Å²) in [6.07, 6.45) is 4.34. The van der Waals surface area contributed by atoms with E-state index >= 15 is 0 Å². The normalized spacial score (nSPS) is 16.1. The quantitative estimate of drug-likeness (QED) is 0.785. The van der Waals surface area contributed by atoms with Crippen LogP contribution in [0.4, 0.5) is 0 Å². The van der Waals surface area contributed by atoms with Gasteiger partial charge in [-0.1, -0.05) is 28.1 Å². The molecule has 1 heterocycles. The number of benzene rings is 1. The van der Waals surface area contributed by atoms with Crippen molar-refractivity contribution >= 4 is 33.7 Å². The van der Waals surface area contributed by atoms with Gasteiger partial charge in [-0.25, -0.2) is 0 Å². The smallest absolute Gasteiger partial charge is 0.246 e. The Balaban J connectivity index is 2.01. The first-order chi connectivity index (χ1) is 9.06. The number of carbonyl (C=O) groups excluding carboxylic acids is 2. The Hall–Kier alpha value is -1.42. The summed E-state index contributed by atoms with van der Waals surface area (Å²) in [5.41, 5.74) is 2.15. The molecule has 3 nitrogen and oxygen atoms in total. The summed E-state index contributed by atoms with van der Waals surface area (Å²) in [6.45, 7) is 3.10. The van der Waals surface area contributed by atoms with Crippen molar-refractivity contribution in [1.29, 1.82) is 0 Å². The number of Topliss-reactive ketones (excluding diaryl/α,β-unsaturated/α-hetero) is 1. The third-order valence-corrected chi connectivity index (χ3v) is 3.88. The molecular weight excluding hydrogens is 306 g/mol. The molecule has 0 radical (unpaired) electrons. The first-order valence-corrected chi connectivity index (χ1v) is 7.10. The van der Waals surface area contributed by atoms with Crippen molar-refractivity contribution in [2.45, 2.75) is 19.8 Å². The minimum atomic E-state index is -0.0278. The molecule has 0 aliphatic carbocycles. The Morgan fingerprint density at radius 1 is 1.32 bits per heavy atom. The lowest BCUT2D eigenvalue weighted by Crippen LogP contribution is -2.37. The van der Waals surface area contributed by atoms with Crippen LogP contribution in [-0.2, 0) is 9.59 Å². The minimum Gasteiger partial charge on any atom is -0.338 e. The SMILES string of the molecule is Cc1ccc(C=CC(=O)N2CCC(=O)CC2)c(Br)c1. The summed E-state index contributed by atoms with van der Waals surface area (Å²) in [7, 11) is 0. The molecule has 19 heavy (non-hydrogen) atoms. The summed E-state index contributed by atoms with van der Waals surface area (Å²) in [5, 5.41) is 0. The van der Waals surface area contributed by atoms with E-state index in [0.29, 0.717) is 25.9 Å². The van der Waals surface area contributed by atoms with Gasteiger partial charge in [0.25, 0.3) is 0 Å². The Morgan fingerprint density at radius 3 is 2.63 bits per heavy atom. The zero-order valence-corrected chi connectivity index (χ0v) is 12.4. The summed E-state index contributed by atoms with van der Waals surface area (Å²) in [5.74, 6) is 0.217. The van der Waals surface area contributed by atoms with Crippen molar-refractivity contribution in [3.05, 3.63) is 39.9 Å². The maximum Gasteiger partial charge on any atom is 0.246 e. The largest absolute Gasteiger partial charge is 0.338 e. The van der Waals surface area contributed by atoms with Crippen LogP contribution in [0, 0.1) is 6.92 Å². The van der Waals surface area contributed by atoms with Gasteiger partial charge in [-0.05, 0) is 30.2 Å². The van der Waals surface area contributed by atoms with Gasteiger partial charge in [-0.3, -0.25) is 9.59 Å². The number of ketones is 1. The van der Waals surface area contributed by atoms with Crippen LogP contribution in [0.15, 0.2) is 28.7 Å². The van der Waals surface area contributed by atoms with Gasteiger partial charge in [0.2, 0.25) is 5.91 Å². The highest BCUT2D eigenvalue weighted by Gasteiger charge is 2.18. The monoisotopic (exact) mass is 321 g/mol. The fourth-order valence-corrected chi connectivity index (χ4v) is 2.64. The number of piperidine rings is 1. The van der Waals surface area contributed by atoms with Gasteiger partial charge in [0, 0.05) is 36.5 Å². The molecule has 0 aromatic heterocycles. The molecule has 1 aliphatic heterocycles. The lowest BCUT2D eigenvalue weighted by atomic mass is 10.1. The number of hydrogen-bond donors (Lipinski definition) is 0. The van der Waals surface area contributed by atoms with E-state index in [1.54, 1.807) is 11.0 Å². The van der Waals surface area contributed by atoms with Gasteiger partial charge >= 0.3 is 0 Å². The lowest BCUT2D eigenvalue weighted by Gasteiger charge is -2.24. The molecule has 100 valence electrons. The molecule has 0 spiro atoms. The van der Waals surface area contributed by atoms with E-state index in [9.17, 15) is 9.59 Å². The summed E-state index contributed by atoms with van der Waals surface area (Å²) < 4.78 is 0.977. The van der Waals surface area contributed by atoms with E-state index in [1.807, 2.05) is 31.2 Å². The van der Waals surface area contributed by atoms with Crippen LogP contribution < -0.4 is 0 Å². The molecular formula is C15H16BrNO2. The average molecular weight is 322 g/mol. The predicted molar refractivity (Wildman–Crippen MR) is 78.7 cm³/mol. The highest BCUT2D eigenvalue weighted by Crippen LogP contribution is 2.19. The molecule has 4 heteroatoms. The standard InChI is InChI=1S/C15H16BrNO2/c1-11-2-3-12(14(16)10-11)4-5-15(19)17-8-6-13(18)7-9-17/h2-5,10H,6-9H2,1H3. The number of rotatable bonds is 2. The van der Waals surface area contributed by atoms with E-state index in [-0.39, 0.29) is 11.7 Å². The third kappa shape index (κ3) is 3.77. The Kier molecular flexibility index (Phi) is 4.53. The Labute approximate surface area is 121 Å². The summed E-state index contributed by atoms with van der Waals surface area (Å²) in [6, 6.07) is 6.00. The van der Waals surface area contributed by atoms with Crippen molar-refractivity contribution in [3.8, 4) is 0 Å². The van der Waals surface area contributed by atoms with Gasteiger partial charge in [0.15, 0.2) is 0 Å². The van der Waals surface area contributed by atoms with Crippen molar-refractivity contribution in [2.24, 2.45) is 0 Å². The Morgan fingerprint density at radius 2 is 2.00 bits per heavy atom. The zero-order valence-electron chi connectivity index (χ0n) is 10.9. The molecule has 1 fully saturated rings. The molecule has 0 atom stereocenters. The second-order valence-electron chi connectivity index (χ2n) is 4.72. The van der Waals surface area contributed by atoms with Crippen molar-refractivity contribution in [2.75, 3.05) is 13.1 Å². The molecule has 2 rings (SSSR count). The van der Waals surface area contributed by atoms with E-state index in [1.165, 1.54) is 5.56 Å². The molecule has 1 aromatic rings. The van der Waals surface area contributed by atoms with E-state index < -0.39 is 0 Å². The van der Waals surface area contributed by atoms with Crippen LogP contribution in [0.2, 0.25) is 0 Å². The highest BCUT2D eigenvalue weighted by atomic mass is 79.9. The number of likely N-dealkylation sites (tertiary alicyclic amines) is 1. The zero-order chi connectivity index (χ0) is 13.8. The van der Waals surface area contributed by atoms with Gasteiger partial charge < -0.3 is 4.90 Å². The second kappa shape index (κ2) is 6.15. The minimum absolute atomic E-state index is 0.0278. The number of halogens is 1. The van der Waals surface area contributed by atoms with Crippen LogP contribution in [0.25, 0.3) is 6.08 Å². The molecule has 0 saturated carbocycles. The third-order valence-electron chi connectivity index (χ3n) is 3.19. The van der Waals surface area contributed by atoms with Crippen LogP contribution in [0.1, 0.15) is 24.0 Å². The van der Waals surface area contributed by atoms with Crippen molar-refractivity contribution in [3.63, 3.8) is 0 Å². The van der Waals surface area contributed by atoms with Crippen molar-refractivity contribution < 1.29 is 9.59 Å². The highest BCUT2D eigenvalue weighted by molar-refractivity contribution is 9.10. The number of nitrogens with zero attached hydrogens (tertiary/aromatic N) is 1. The van der Waals surface area contributed by atoms with Crippen LogP contribution in [0.3, 0.4) is 0 Å². The fourth-order valence-electron chi connectivity index (χ4n) is 2.01. The van der Waals surface area contributed by atoms with Gasteiger partial charge in [0.1, 0.15) is 5.78 Å². The number of hydrogen-bond acceptors (Lipinski definition) is 2. The van der Waals surface area contributed by atoms with Crippen LogP contribution >= 0.6 is 15.9 Å². The molecule has 0 unspecified atom stereocenters. The average Bonchev–Trinajstić information content (AvgIpc) is 2.38. The van der Waals surface area contributed by atoms with Gasteiger partial charge in [0.05, 0.1) is 0 Å². The van der Waals surface area contributed by atoms with Crippen LogP contribution in [-0.4, -0.2) is 29.7 Å². The van der Waals surface area contributed by atoms with Crippen LogP contribution in [0.5, 0.6) is 0 Å². The van der Waals surface area contributed by atoms with Crippen molar-refractivity contribution in [1.82, 2.24) is 4.90 Å². The molecule has 1 aromatic carbocycles. The number of aryl methyl sites for hydroxylation is 1. The molecule has 0 bridgehead atoms. The summed E-state index contributed by atoms with van der Waals surface area (Å²) >= 11 is 3.48. The Bertz CT molecular complexity index is 527. The van der Waals surface area contributed by atoms with E-state index in [0.717, 1.165) is 10.0 Å². The number of carbonyl (C=O) groups is 2. The molecule has 0 N–H and O–H groups in total. The predicted octanol–water partition coefficient (Wildman–Crippen LogP) is 2.96. The van der Waals surface area contributed by atoms with Gasteiger partial charge in [-0.2, -0.15) is 0 Å². The summed E-state index contributed by atoms with van der Waals surface area (Å²) in [4.78, 5) is 24.8. The fraction of sp³-hybridized carbons (Fsp3) is 0.333.